The predicted molar refractivity (Wildman–Crippen MR) is 46.9 cm³/mol. The molecule has 0 saturated heterocycles. The molecule has 0 heterocycles. The molecule has 0 aliphatic carbocycles. The Morgan fingerprint density at radius 3 is 3.08 bits per heavy atom. The van der Waals surface area contributed by atoms with Gasteiger partial charge in [-0.2, -0.15) is 0 Å². The van der Waals surface area contributed by atoms with E-state index in [0.717, 1.165) is 0 Å². The van der Waals surface area contributed by atoms with E-state index in [9.17, 15) is 4.79 Å². The summed E-state index contributed by atoms with van der Waals surface area (Å²) in [6.07, 6.45) is 0. The number of carbonyl (C=O) groups excluding carboxylic acids is 1. The lowest BCUT2D eigenvalue weighted by Crippen LogP contribution is -2.07. The van der Waals surface area contributed by atoms with Crippen molar-refractivity contribution in [2.24, 2.45) is 0 Å². The molecule has 0 unspecified atom stereocenters. The van der Waals surface area contributed by atoms with Gasteiger partial charge in [-0.15, -0.1) is 0 Å². The van der Waals surface area contributed by atoms with E-state index in [1.807, 2.05) is 0 Å². The highest BCUT2D eigenvalue weighted by Gasteiger charge is 2.03. The highest BCUT2D eigenvalue weighted by atomic mass is 16.5. The highest BCUT2D eigenvalue weighted by Crippen LogP contribution is 2.09. The van der Waals surface area contributed by atoms with Crippen molar-refractivity contribution in [1.82, 2.24) is 0 Å². The Balaban J connectivity index is 2.93. The Kier molecular flexibility index (Phi) is 1.86. The zero-order valence-electron chi connectivity index (χ0n) is 8.76. The van der Waals surface area contributed by atoms with Crippen molar-refractivity contribution in [2.45, 2.75) is 6.92 Å². The molecule has 0 amide bonds. The molecular formula is C10H10O2. The van der Waals surface area contributed by atoms with E-state index in [0.29, 0.717) is 0 Å². The summed E-state index contributed by atoms with van der Waals surface area (Å²) < 4.78 is 19.6. The molecule has 0 atom stereocenters. The van der Waals surface area contributed by atoms with Crippen LogP contribution in [0, 0.1) is 0 Å². The second-order valence-electron chi connectivity index (χ2n) is 2.33. The van der Waals surface area contributed by atoms with Crippen molar-refractivity contribution in [3.05, 3.63) is 42.4 Å². The lowest BCUT2D eigenvalue weighted by atomic mass is 10.3. The molecule has 12 heavy (non-hydrogen) atoms. The molecule has 0 fully saturated rings. The summed E-state index contributed by atoms with van der Waals surface area (Å²) in [6, 6.07) is 4.42. The van der Waals surface area contributed by atoms with Crippen LogP contribution in [0.5, 0.6) is 5.75 Å². The summed E-state index contributed by atoms with van der Waals surface area (Å²) >= 11 is 0. The summed E-state index contributed by atoms with van der Waals surface area (Å²) in [7, 11) is 0. The fourth-order valence-corrected chi connectivity index (χ4v) is 0.585. The van der Waals surface area contributed by atoms with E-state index in [1.54, 1.807) is 6.07 Å². The van der Waals surface area contributed by atoms with Crippen LogP contribution in [0.2, 0.25) is 0 Å². The van der Waals surface area contributed by atoms with Gasteiger partial charge in [0.1, 0.15) is 5.75 Å². The number of carbonyl (C=O) groups is 1. The molecule has 2 nitrogen and oxygen atoms in total. The van der Waals surface area contributed by atoms with Crippen molar-refractivity contribution in [1.29, 1.82) is 0 Å². The smallest absolute Gasteiger partial charge is 0.338 e. The van der Waals surface area contributed by atoms with Gasteiger partial charge >= 0.3 is 5.97 Å². The molecule has 62 valence electrons. The van der Waals surface area contributed by atoms with Gasteiger partial charge in [0.2, 0.25) is 0 Å². The second-order valence-corrected chi connectivity index (χ2v) is 2.33. The fourth-order valence-electron chi connectivity index (χ4n) is 0.585. The lowest BCUT2D eigenvalue weighted by Gasteiger charge is -2.01. The van der Waals surface area contributed by atoms with Crippen LogP contribution >= 0.6 is 0 Å². The molecule has 0 aliphatic rings. The fraction of sp³-hybridized carbons (Fsp3) is 0.100. The number of rotatable bonds is 2. The first-order chi connectivity index (χ1) is 6.52. The third kappa shape index (κ3) is 2.23. The van der Waals surface area contributed by atoms with Crippen LogP contribution in [0.25, 0.3) is 0 Å². The molecule has 0 radical (unpaired) electrons. The third-order valence-electron chi connectivity index (χ3n) is 1.17. The average Bonchev–Trinajstić information content (AvgIpc) is 2.12. The standard InChI is InChI=1S/C10H10O2/c1-8(2)10(11)12-9-6-4-3-5-7-9/h3-7H,1H2,2H3/i4D,6D. The number of esters is 1. The first kappa shape index (κ1) is 6.00. The molecule has 0 spiro atoms. The maximum atomic E-state index is 11.1. The van der Waals surface area contributed by atoms with Gasteiger partial charge in [0.25, 0.3) is 0 Å². The van der Waals surface area contributed by atoms with Gasteiger partial charge in [0, 0.05) is 5.57 Å². The monoisotopic (exact) mass is 164 g/mol. The second kappa shape index (κ2) is 3.72. The summed E-state index contributed by atoms with van der Waals surface area (Å²) in [5.74, 6) is -0.491. The summed E-state index contributed by atoms with van der Waals surface area (Å²) in [6.45, 7) is 4.94. The minimum Gasteiger partial charge on any atom is -0.423 e. The van der Waals surface area contributed by atoms with Crippen LogP contribution in [-0.2, 0) is 4.79 Å². The highest BCUT2D eigenvalue weighted by molar-refractivity contribution is 5.88. The zero-order chi connectivity index (χ0) is 10.7. The molecule has 0 N–H and O–H groups in total. The van der Waals surface area contributed by atoms with Crippen LogP contribution in [0.4, 0.5) is 0 Å². The summed E-state index contributed by atoms with van der Waals surface area (Å²) in [4.78, 5) is 11.1. The van der Waals surface area contributed by atoms with E-state index in [4.69, 9.17) is 7.48 Å². The van der Waals surface area contributed by atoms with Crippen LogP contribution < -0.4 is 4.74 Å². The first-order valence-corrected chi connectivity index (χ1v) is 3.46. The Bertz CT molecular complexity index is 386. The van der Waals surface area contributed by atoms with Gasteiger partial charge in [-0.3, -0.25) is 0 Å². The molecule has 0 bridgehead atoms. The average molecular weight is 164 g/mol. The number of ether oxygens (including phenoxy) is 1. The van der Waals surface area contributed by atoms with E-state index < -0.39 is 5.97 Å². The van der Waals surface area contributed by atoms with Crippen LogP contribution in [-0.4, -0.2) is 5.97 Å². The number of benzene rings is 1. The molecule has 2 heteroatoms. The van der Waals surface area contributed by atoms with Crippen LogP contribution in [0.15, 0.2) is 42.4 Å². The maximum Gasteiger partial charge on any atom is 0.338 e. The van der Waals surface area contributed by atoms with Crippen molar-refractivity contribution in [3.8, 4) is 5.75 Å². The lowest BCUT2D eigenvalue weighted by molar-refractivity contribution is -0.130. The normalized spacial score (nSPS) is 11.4. The topological polar surface area (TPSA) is 26.3 Å². The van der Waals surface area contributed by atoms with E-state index in [-0.39, 0.29) is 23.4 Å². The first-order valence-electron chi connectivity index (χ1n) is 4.46. The van der Waals surface area contributed by atoms with Crippen LogP contribution in [0.3, 0.4) is 0 Å². The molecule has 1 aromatic carbocycles. The Hall–Kier alpha value is -1.57. The predicted octanol–water partition coefficient (Wildman–Crippen LogP) is 2.17. The van der Waals surface area contributed by atoms with E-state index in [2.05, 4.69) is 6.58 Å². The molecule has 0 aromatic heterocycles. The van der Waals surface area contributed by atoms with Crippen molar-refractivity contribution < 1.29 is 12.3 Å². The maximum absolute atomic E-state index is 11.1. The van der Waals surface area contributed by atoms with E-state index >= 15 is 0 Å². The summed E-state index contributed by atoms with van der Waals surface area (Å²) in [5.41, 5.74) is 0.264. The van der Waals surface area contributed by atoms with Crippen LogP contribution in [0.1, 0.15) is 9.67 Å². The zero-order valence-corrected chi connectivity index (χ0v) is 6.76. The quantitative estimate of drug-likeness (QED) is 0.380. The summed E-state index contributed by atoms with van der Waals surface area (Å²) in [5, 5.41) is 0. The number of hydrogen-bond acceptors (Lipinski definition) is 2. The number of hydrogen-bond donors (Lipinski definition) is 0. The van der Waals surface area contributed by atoms with Gasteiger partial charge in [-0.25, -0.2) is 4.79 Å². The molecule has 0 saturated carbocycles. The number of para-hydroxylation sites is 1. The van der Waals surface area contributed by atoms with Crippen molar-refractivity contribution in [3.63, 3.8) is 0 Å². The molecular weight excluding hydrogens is 152 g/mol. The SMILES string of the molecule is [2H]c1cccc(OC(=O)C(=C)C)c1[2H]. The minimum absolute atomic E-state index is 0.0250. The Morgan fingerprint density at radius 1 is 1.67 bits per heavy atom. The van der Waals surface area contributed by atoms with Crippen molar-refractivity contribution >= 4 is 5.97 Å². The van der Waals surface area contributed by atoms with Gasteiger partial charge in [-0.1, -0.05) is 24.8 Å². The molecule has 1 aromatic rings. The third-order valence-corrected chi connectivity index (χ3v) is 1.17. The molecule has 1 rings (SSSR count). The van der Waals surface area contributed by atoms with Gasteiger partial charge in [-0.05, 0) is 19.0 Å². The van der Waals surface area contributed by atoms with Gasteiger partial charge in [0.15, 0.2) is 0 Å². The minimum atomic E-state index is -0.580. The van der Waals surface area contributed by atoms with Crippen molar-refractivity contribution in [2.75, 3.05) is 0 Å². The van der Waals surface area contributed by atoms with Gasteiger partial charge in [0.05, 0.1) is 2.74 Å². The largest absolute Gasteiger partial charge is 0.423 e. The van der Waals surface area contributed by atoms with Gasteiger partial charge < -0.3 is 4.74 Å². The van der Waals surface area contributed by atoms with E-state index in [1.165, 1.54) is 19.1 Å². The Labute approximate surface area is 74.3 Å². The Morgan fingerprint density at radius 2 is 2.42 bits per heavy atom. The molecule has 0 aliphatic heterocycles.